The summed E-state index contributed by atoms with van der Waals surface area (Å²) in [5, 5.41) is 0. The molecule has 0 aliphatic heterocycles. The predicted molar refractivity (Wildman–Crippen MR) is 82.6 cm³/mol. The maximum Gasteiger partial charge on any atom is 0.0706 e. The summed E-state index contributed by atoms with van der Waals surface area (Å²) in [5.74, 6) is 6.66. The van der Waals surface area contributed by atoms with Gasteiger partial charge in [0.15, 0.2) is 0 Å². The highest BCUT2D eigenvalue weighted by molar-refractivity contribution is 8.00. The highest BCUT2D eigenvalue weighted by Crippen LogP contribution is 2.19. The van der Waals surface area contributed by atoms with E-state index in [0.717, 1.165) is 6.42 Å². The van der Waals surface area contributed by atoms with Gasteiger partial charge in [-0.3, -0.25) is 0 Å². The van der Waals surface area contributed by atoms with Gasteiger partial charge >= 0.3 is 0 Å². The smallest absolute Gasteiger partial charge is 0.0706 e. The van der Waals surface area contributed by atoms with Gasteiger partial charge in [-0.1, -0.05) is 57.8 Å². The van der Waals surface area contributed by atoms with Gasteiger partial charge in [0.05, 0.1) is 4.75 Å². The lowest BCUT2D eigenvalue weighted by Gasteiger charge is -2.12. The van der Waals surface area contributed by atoms with Gasteiger partial charge in [-0.05, 0) is 26.5 Å². The Morgan fingerprint density at radius 1 is 0.882 bits per heavy atom. The summed E-state index contributed by atoms with van der Waals surface area (Å²) < 4.78 is 0.139. The fourth-order valence-electron chi connectivity index (χ4n) is 1.67. The molecule has 0 aromatic heterocycles. The summed E-state index contributed by atoms with van der Waals surface area (Å²) in [4.78, 5) is 0. The van der Waals surface area contributed by atoms with Crippen LogP contribution in [0.25, 0.3) is 0 Å². The van der Waals surface area contributed by atoms with Crippen LogP contribution in [0.15, 0.2) is 0 Å². The Hall–Kier alpha value is -0.0900. The topological polar surface area (TPSA) is 0 Å². The number of thioether (sulfide) groups is 1. The molecule has 0 N–H and O–H groups in total. The normalized spacial score (nSPS) is 11.1. The second-order valence-electron chi connectivity index (χ2n) is 5.24. The summed E-state index contributed by atoms with van der Waals surface area (Å²) in [5.41, 5.74) is 0. The van der Waals surface area contributed by atoms with E-state index in [2.05, 4.69) is 38.9 Å². The highest BCUT2D eigenvalue weighted by atomic mass is 32.2. The van der Waals surface area contributed by atoms with Gasteiger partial charge in [0.1, 0.15) is 0 Å². The van der Waals surface area contributed by atoms with E-state index in [1.54, 1.807) is 0 Å². The third-order valence-electron chi connectivity index (χ3n) is 3.06. The quantitative estimate of drug-likeness (QED) is 0.378. The van der Waals surface area contributed by atoms with Crippen LogP contribution in [0.3, 0.4) is 0 Å². The molecule has 0 amide bonds. The number of hydrogen-bond acceptors (Lipinski definition) is 1. The van der Waals surface area contributed by atoms with E-state index in [1.165, 1.54) is 51.4 Å². The van der Waals surface area contributed by atoms with Crippen LogP contribution in [0.1, 0.15) is 78.6 Å². The molecular formula is C16H30S. The lowest BCUT2D eigenvalue weighted by atomic mass is 10.1. The third kappa shape index (κ3) is 12.2. The van der Waals surface area contributed by atoms with E-state index in [0.29, 0.717) is 0 Å². The molecule has 0 rings (SSSR count). The SMILES string of the molecule is CCCCCCCCCCC#CC(C)(C)SC. The first kappa shape index (κ1) is 16.9. The Balaban J connectivity index is 3.29. The van der Waals surface area contributed by atoms with Crippen molar-refractivity contribution in [2.75, 3.05) is 6.26 Å². The fourth-order valence-corrected chi connectivity index (χ4v) is 1.85. The van der Waals surface area contributed by atoms with Crippen molar-refractivity contribution in [1.82, 2.24) is 0 Å². The van der Waals surface area contributed by atoms with Crippen molar-refractivity contribution in [3.05, 3.63) is 0 Å². The first-order valence-electron chi connectivity index (χ1n) is 7.17. The molecule has 0 nitrogen and oxygen atoms in total. The second kappa shape index (κ2) is 11.0. The van der Waals surface area contributed by atoms with Gasteiger partial charge in [-0.15, -0.1) is 17.7 Å². The molecule has 0 spiro atoms. The second-order valence-corrected chi connectivity index (χ2v) is 6.67. The number of unbranched alkanes of at least 4 members (excludes halogenated alkanes) is 8. The van der Waals surface area contributed by atoms with Crippen molar-refractivity contribution in [2.45, 2.75) is 83.3 Å². The van der Waals surface area contributed by atoms with Crippen LogP contribution in [-0.2, 0) is 0 Å². The number of rotatable bonds is 9. The van der Waals surface area contributed by atoms with Crippen LogP contribution < -0.4 is 0 Å². The standard InChI is InChI=1S/C16H30S/c1-5-6-7-8-9-10-11-12-13-14-15-16(2,3)17-4/h5-13H2,1-4H3. The molecule has 0 aromatic rings. The lowest BCUT2D eigenvalue weighted by Crippen LogP contribution is -2.09. The lowest BCUT2D eigenvalue weighted by molar-refractivity contribution is 0.579. The summed E-state index contributed by atoms with van der Waals surface area (Å²) >= 11 is 1.83. The van der Waals surface area contributed by atoms with Gasteiger partial charge < -0.3 is 0 Å². The van der Waals surface area contributed by atoms with E-state index in [-0.39, 0.29) is 4.75 Å². The minimum Gasteiger partial charge on any atom is -0.146 e. The van der Waals surface area contributed by atoms with E-state index in [1.807, 2.05) is 11.8 Å². The summed E-state index contributed by atoms with van der Waals surface area (Å²) in [6.07, 6.45) is 14.3. The van der Waals surface area contributed by atoms with Gasteiger partial charge in [0.25, 0.3) is 0 Å². The van der Waals surface area contributed by atoms with E-state index >= 15 is 0 Å². The third-order valence-corrected chi connectivity index (χ3v) is 4.18. The van der Waals surface area contributed by atoms with Crippen molar-refractivity contribution >= 4 is 11.8 Å². The van der Waals surface area contributed by atoms with Crippen LogP contribution in [0, 0.1) is 11.8 Å². The molecule has 0 aliphatic rings. The minimum absolute atomic E-state index is 0.139. The van der Waals surface area contributed by atoms with Gasteiger partial charge in [-0.2, -0.15) is 0 Å². The van der Waals surface area contributed by atoms with Crippen LogP contribution in [0.2, 0.25) is 0 Å². The van der Waals surface area contributed by atoms with Crippen LogP contribution >= 0.6 is 11.8 Å². The molecule has 0 bridgehead atoms. The molecular weight excluding hydrogens is 224 g/mol. The van der Waals surface area contributed by atoms with E-state index in [4.69, 9.17) is 0 Å². The average molecular weight is 254 g/mol. The van der Waals surface area contributed by atoms with Gasteiger partial charge in [-0.25, -0.2) is 0 Å². The molecule has 0 radical (unpaired) electrons. The molecule has 0 saturated carbocycles. The molecule has 0 unspecified atom stereocenters. The summed E-state index contributed by atoms with van der Waals surface area (Å²) in [6.45, 7) is 6.66. The Labute approximate surface area is 113 Å². The first-order chi connectivity index (χ1) is 8.12. The number of hydrogen-bond donors (Lipinski definition) is 0. The highest BCUT2D eigenvalue weighted by Gasteiger charge is 2.09. The van der Waals surface area contributed by atoms with Crippen molar-refractivity contribution in [1.29, 1.82) is 0 Å². The Kier molecular flexibility index (Phi) is 11.0. The zero-order valence-electron chi connectivity index (χ0n) is 12.3. The van der Waals surface area contributed by atoms with Crippen LogP contribution in [0.4, 0.5) is 0 Å². The minimum atomic E-state index is 0.139. The Bertz CT molecular complexity index is 219. The molecule has 0 fully saturated rings. The molecule has 17 heavy (non-hydrogen) atoms. The maximum absolute atomic E-state index is 3.34. The molecule has 0 atom stereocenters. The zero-order chi connectivity index (χ0) is 13.0. The molecule has 0 aromatic carbocycles. The Morgan fingerprint density at radius 3 is 1.94 bits per heavy atom. The first-order valence-corrected chi connectivity index (χ1v) is 8.40. The Morgan fingerprint density at radius 2 is 1.41 bits per heavy atom. The zero-order valence-corrected chi connectivity index (χ0v) is 13.1. The fraction of sp³-hybridized carbons (Fsp3) is 0.875. The van der Waals surface area contributed by atoms with Crippen molar-refractivity contribution in [3.8, 4) is 11.8 Å². The van der Waals surface area contributed by atoms with Crippen molar-refractivity contribution in [3.63, 3.8) is 0 Å². The van der Waals surface area contributed by atoms with Gasteiger partial charge in [0, 0.05) is 6.42 Å². The summed E-state index contributed by atoms with van der Waals surface area (Å²) in [7, 11) is 0. The molecule has 1 heteroatoms. The largest absolute Gasteiger partial charge is 0.146 e. The average Bonchev–Trinajstić information content (AvgIpc) is 2.31. The van der Waals surface area contributed by atoms with Crippen molar-refractivity contribution in [2.24, 2.45) is 0 Å². The predicted octanol–water partition coefficient (Wildman–Crippen LogP) is 5.66. The van der Waals surface area contributed by atoms with Crippen LogP contribution in [-0.4, -0.2) is 11.0 Å². The molecule has 0 heterocycles. The monoisotopic (exact) mass is 254 g/mol. The van der Waals surface area contributed by atoms with E-state index < -0.39 is 0 Å². The summed E-state index contributed by atoms with van der Waals surface area (Å²) in [6, 6.07) is 0. The molecule has 100 valence electrons. The molecule has 0 saturated heterocycles. The maximum atomic E-state index is 3.34. The van der Waals surface area contributed by atoms with Gasteiger partial charge in [0.2, 0.25) is 0 Å². The van der Waals surface area contributed by atoms with E-state index in [9.17, 15) is 0 Å². The van der Waals surface area contributed by atoms with Crippen molar-refractivity contribution < 1.29 is 0 Å². The molecule has 0 aliphatic carbocycles. The van der Waals surface area contributed by atoms with Crippen LogP contribution in [0.5, 0.6) is 0 Å².